The standard InChI is InChI=1S/C9H16ClNOS/c1-7(10)4-5-11-9(12)8-3-2-6-13-8/h7-8H,2-6H2,1H3,(H,11,12). The first kappa shape index (κ1) is 11.2. The van der Waals surface area contributed by atoms with Gasteiger partial charge in [0, 0.05) is 11.9 Å². The number of amides is 1. The van der Waals surface area contributed by atoms with Gasteiger partial charge < -0.3 is 5.32 Å². The molecule has 1 aliphatic rings. The molecule has 0 radical (unpaired) electrons. The fraction of sp³-hybridized carbons (Fsp3) is 0.889. The molecule has 0 aromatic carbocycles. The molecule has 1 N–H and O–H groups in total. The molecule has 1 aliphatic heterocycles. The largest absolute Gasteiger partial charge is 0.355 e. The van der Waals surface area contributed by atoms with E-state index in [1.54, 1.807) is 11.8 Å². The van der Waals surface area contributed by atoms with Gasteiger partial charge in [-0.15, -0.1) is 23.4 Å². The molecule has 2 nitrogen and oxygen atoms in total. The van der Waals surface area contributed by atoms with E-state index in [2.05, 4.69) is 5.32 Å². The summed E-state index contributed by atoms with van der Waals surface area (Å²) in [6.45, 7) is 2.65. The zero-order chi connectivity index (χ0) is 9.68. The van der Waals surface area contributed by atoms with Crippen LogP contribution in [0.4, 0.5) is 0 Å². The number of alkyl halides is 1. The van der Waals surface area contributed by atoms with E-state index < -0.39 is 0 Å². The normalized spacial score (nSPS) is 24.3. The second-order valence-electron chi connectivity index (χ2n) is 3.36. The lowest BCUT2D eigenvalue weighted by molar-refractivity contribution is -0.120. The van der Waals surface area contributed by atoms with Crippen LogP contribution in [0.25, 0.3) is 0 Å². The highest BCUT2D eigenvalue weighted by atomic mass is 35.5. The van der Waals surface area contributed by atoms with Crippen LogP contribution in [0.1, 0.15) is 26.2 Å². The minimum absolute atomic E-state index is 0.150. The molecule has 1 rings (SSSR count). The number of halogens is 1. The summed E-state index contributed by atoms with van der Waals surface area (Å²) in [5.41, 5.74) is 0. The molecular weight excluding hydrogens is 206 g/mol. The molecule has 13 heavy (non-hydrogen) atoms. The van der Waals surface area contributed by atoms with Gasteiger partial charge in [0.05, 0.1) is 5.25 Å². The van der Waals surface area contributed by atoms with Crippen LogP contribution in [-0.4, -0.2) is 28.8 Å². The van der Waals surface area contributed by atoms with E-state index in [0.29, 0.717) is 6.54 Å². The Kier molecular flexibility index (Phi) is 4.96. The van der Waals surface area contributed by atoms with Crippen LogP contribution in [0, 0.1) is 0 Å². The Morgan fingerprint density at radius 1 is 1.77 bits per heavy atom. The van der Waals surface area contributed by atoms with Crippen LogP contribution < -0.4 is 5.32 Å². The maximum absolute atomic E-state index is 11.5. The second-order valence-corrected chi connectivity index (χ2v) is 5.42. The van der Waals surface area contributed by atoms with E-state index in [0.717, 1.165) is 18.6 Å². The monoisotopic (exact) mass is 221 g/mol. The molecule has 0 aromatic rings. The molecule has 0 spiro atoms. The summed E-state index contributed by atoms with van der Waals surface area (Å²) in [5, 5.41) is 3.26. The lowest BCUT2D eigenvalue weighted by Gasteiger charge is -2.10. The predicted molar refractivity (Wildman–Crippen MR) is 58.4 cm³/mol. The lowest BCUT2D eigenvalue weighted by atomic mass is 10.2. The van der Waals surface area contributed by atoms with E-state index in [-0.39, 0.29) is 16.5 Å². The lowest BCUT2D eigenvalue weighted by Crippen LogP contribution is -2.32. The van der Waals surface area contributed by atoms with Crippen LogP contribution in [0.15, 0.2) is 0 Å². The van der Waals surface area contributed by atoms with Crippen molar-refractivity contribution < 1.29 is 4.79 Å². The van der Waals surface area contributed by atoms with Gasteiger partial charge >= 0.3 is 0 Å². The number of hydrogen-bond acceptors (Lipinski definition) is 2. The summed E-state index contributed by atoms with van der Waals surface area (Å²) in [6, 6.07) is 0. The number of thioether (sulfide) groups is 1. The Hall–Kier alpha value is 0.110. The van der Waals surface area contributed by atoms with Crippen molar-refractivity contribution in [3.63, 3.8) is 0 Å². The summed E-state index contributed by atoms with van der Waals surface area (Å²) in [4.78, 5) is 11.5. The van der Waals surface area contributed by atoms with Gasteiger partial charge in [-0.25, -0.2) is 0 Å². The summed E-state index contributed by atoms with van der Waals surface area (Å²) >= 11 is 7.53. The molecule has 2 atom stereocenters. The number of carbonyl (C=O) groups excluding carboxylic acids is 1. The maximum Gasteiger partial charge on any atom is 0.233 e. The van der Waals surface area contributed by atoms with Crippen LogP contribution in [0.3, 0.4) is 0 Å². The fourth-order valence-electron chi connectivity index (χ4n) is 1.29. The molecule has 0 saturated carbocycles. The number of nitrogens with one attached hydrogen (secondary N) is 1. The molecule has 0 bridgehead atoms. The minimum Gasteiger partial charge on any atom is -0.355 e. The van der Waals surface area contributed by atoms with Crippen molar-refractivity contribution >= 4 is 29.3 Å². The van der Waals surface area contributed by atoms with Gasteiger partial charge in [-0.1, -0.05) is 0 Å². The molecule has 1 fully saturated rings. The Morgan fingerprint density at radius 3 is 3.08 bits per heavy atom. The second kappa shape index (κ2) is 5.76. The van der Waals surface area contributed by atoms with Gasteiger partial charge in [0.25, 0.3) is 0 Å². The van der Waals surface area contributed by atoms with Gasteiger partial charge in [-0.2, -0.15) is 0 Å². The molecule has 1 heterocycles. The fourth-order valence-corrected chi connectivity index (χ4v) is 2.59. The first-order valence-corrected chi connectivity index (χ1v) is 6.22. The average Bonchev–Trinajstić information content (AvgIpc) is 2.55. The van der Waals surface area contributed by atoms with Crippen molar-refractivity contribution in [3.8, 4) is 0 Å². The van der Waals surface area contributed by atoms with E-state index in [4.69, 9.17) is 11.6 Å². The summed E-state index contributed by atoms with van der Waals surface area (Å²) in [6.07, 6.45) is 3.06. The Labute approximate surface area is 88.8 Å². The van der Waals surface area contributed by atoms with Gasteiger partial charge in [-0.3, -0.25) is 4.79 Å². The van der Waals surface area contributed by atoms with Crippen molar-refractivity contribution in [3.05, 3.63) is 0 Å². The van der Waals surface area contributed by atoms with Crippen LogP contribution in [-0.2, 0) is 4.79 Å². The molecule has 4 heteroatoms. The molecule has 0 aliphatic carbocycles. The molecule has 2 unspecified atom stereocenters. The smallest absolute Gasteiger partial charge is 0.233 e. The maximum atomic E-state index is 11.5. The van der Waals surface area contributed by atoms with Crippen molar-refractivity contribution in [2.24, 2.45) is 0 Å². The SMILES string of the molecule is CC(Cl)CCNC(=O)C1CCCS1. The van der Waals surface area contributed by atoms with Crippen molar-refractivity contribution in [1.82, 2.24) is 5.32 Å². The molecule has 76 valence electrons. The Bertz CT molecular complexity index is 169. The third-order valence-electron chi connectivity index (χ3n) is 2.06. The summed E-state index contributed by atoms with van der Waals surface area (Å²) < 4.78 is 0. The first-order valence-electron chi connectivity index (χ1n) is 4.73. The van der Waals surface area contributed by atoms with Crippen molar-refractivity contribution in [1.29, 1.82) is 0 Å². The Balaban J connectivity index is 2.10. The van der Waals surface area contributed by atoms with Crippen LogP contribution in [0.5, 0.6) is 0 Å². The molecule has 1 saturated heterocycles. The number of hydrogen-bond donors (Lipinski definition) is 1. The van der Waals surface area contributed by atoms with E-state index in [1.807, 2.05) is 6.92 Å². The van der Waals surface area contributed by atoms with Crippen molar-refractivity contribution in [2.75, 3.05) is 12.3 Å². The quantitative estimate of drug-likeness (QED) is 0.736. The molecule has 1 amide bonds. The average molecular weight is 222 g/mol. The van der Waals surface area contributed by atoms with Crippen LogP contribution >= 0.6 is 23.4 Å². The third kappa shape index (κ3) is 4.23. The zero-order valence-electron chi connectivity index (χ0n) is 7.88. The highest BCUT2D eigenvalue weighted by molar-refractivity contribution is 8.00. The summed E-state index contributed by atoms with van der Waals surface area (Å²) in [7, 11) is 0. The highest BCUT2D eigenvalue weighted by Crippen LogP contribution is 2.25. The van der Waals surface area contributed by atoms with Gasteiger partial charge in [0.2, 0.25) is 5.91 Å². The van der Waals surface area contributed by atoms with Gasteiger partial charge in [0.15, 0.2) is 0 Å². The highest BCUT2D eigenvalue weighted by Gasteiger charge is 2.22. The van der Waals surface area contributed by atoms with Crippen molar-refractivity contribution in [2.45, 2.75) is 36.8 Å². The summed E-state index contributed by atoms with van der Waals surface area (Å²) in [5.74, 6) is 1.32. The Morgan fingerprint density at radius 2 is 2.54 bits per heavy atom. The zero-order valence-corrected chi connectivity index (χ0v) is 9.46. The van der Waals surface area contributed by atoms with E-state index >= 15 is 0 Å². The molecule has 0 aromatic heterocycles. The van der Waals surface area contributed by atoms with Crippen LogP contribution in [0.2, 0.25) is 0 Å². The number of rotatable bonds is 4. The third-order valence-corrected chi connectivity index (χ3v) is 3.66. The van der Waals surface area contributed by atoms with Gasteiger partial charge in [0.1, 0.15) is 0 Å². The minimum atomic E-state index is 0.150. The predicted octanol–water partition coefficient (Wildman–Crippen LogP) is 2.02. The topological polar surface area (TPSA) is 29.1 Å². The van der Waals surface area contributed by atoms with Gasteiger partial charge in [-0.05, 0) is 31.9 Å². The number of carbonyl (C=O) groups is 1. The molecular formula is C9H16ClNOS. The first-order chi connectivity index (χ1) is 6.20. The van der Waals surface area contributed by atoms with E-state index in [1.165, 1.54) is 6.42 Å². The van der Waals surface area contributed by atoms with E-state index in [9.17, 15) is 4.79 Å².